The van der Waals surface area contributed by atoms with Crippen LogP contribution in [0.1, 0.15) is 16.8 Å². The van der Waals surface area contributed by atoms with Gasteiger partial charge in [-0.15, -0.1) is 23.7 Å². The number of nitrogens with one attached hydrogen (secondary N) is 1. The van der Waals surface area contributed by atoms with E-state index in [0.717, 1.165) is 38.2 Å². The zero-order valence-corrected chi connectivity index (χ0v) is 12.2. The zero-order chi connectivity index (χ0) is 12.4. The molecule has 1 aromatic carbocycles. The highest BCUT2D eigenvalue weighted by Gasteiger charge is 2.17. The van der Waals surface area contributed by atoms with Gasteiger partial charge in [0, 0.05) is 29.9 Å². The van der Waals surface area contributed by atoms with Crippen molar-refractivity contribution in [3.63, 3.8) is 0 Å². The molecule has 0 spiro atoms. The van der Waals surface area contributed by atoms with Crippen LogP contribution < -0.4 is 5.32 Å². The molecule has 0 saturated carbocycles. The van der Waals surface area contributed by atoms with E-state index in [4.69, 9.17) is 0 Å². The Morgan fingerprint density at radius 2 is 2.11 bits per heavy atom. The molecule has 1 aliphatic rings. The Morgan fingerprint density at radius 1 is 1.21 bits per heavy atom. The van der Waals surface area contributed by atoms with Gasteiger partial charge in [0.05, 0.1) is 0 Å². The SMILES string of the molecule is Cl.O=C(c1ccc2sccc2c1)N1CCCNCC1. The molecule has 0 bridgehead atoms. The standard InChI is InChI=1S/C14H16N2OS.ClH/c17-14(16-7-1-5-15-6-8-16)12-2-3-13-11(10-12)4-9-18-13;/h2-4,9-10,15H,1,5-8H2;1H. The predicted octanol–water partition coefficient (Wildman–Crippen LogP) is 2.76. The summed E-state index contributed by atoms with van der Waals surface area (Å²) in [6.45, 7) is 3.56. The Labute approximate surface area is 123 Å². The Kier molecular flexibility index (Phi) is 4.80. The molecule has 19 heavy (non-hydrogen) atoms. The number of hydrogen-bond acceptors (Lipinski definition) is 3. The van der Waals surface area contributed by atoms with E-state index in [1.54, 1.807) is 11.3 Å². The molecule has 0 unspecified atom stereocenters. The molecule has 0 aliphatic carbocycles. The highest BCUT2D eigenvalue weighted by atomic mass is 35.5. The van der Waals surface area contributed by atoms with Crippen molar-refractivity contribution in [2.45, 2.75) is 6.42 Å². The number of fused-ring (bicyclic) bond motifs is 1. The smallest absolute Gasteiger partial charge is 0.253 e. The summed E-state index contributed by atoms with van der Waals surface area (Å²) in [4.78, 5) is 14.4. The summed E-state index contributed by atoms with van der Waals surface area (Å²) in [7, 11) is 0. The molecular formula is C14H17ClN2OS. The van der Waals surface area contributed by atoms with Crippen molar-refractivity contribution in [2.24, 2.45) is 0 Å². The van der Waals surface area contributed by atoms with E-state index in [1.807, 2.05) is 23.1 Å². The number of rotatable bonds is 1. The molecule has 1 saturated heterocycles. The lowest BCUT2D eigenvalue weighted by molar-refractivity contribution is 0.0766. The van der Waals surface area contributed by atoms with E-state index >= 15 is 0 Å². The van der Waals surface area contributed by atoms with Crippen LogP contribution in [0.4, 0.5) is 0 Å². The molecule has 0 atom stereocenters. The van der Waals surface area contributed by atoms with Crippen LogP contribution in [0.5, 0.6) is 0 Å². The molecule has 1 aliphatic heterocycles. The van der Waals surface area contributed by atoms with E-state index in [0.29, 0.717) is 0 Å². The number of halogens is 1. The third-order valence-electron chi connectivity index (χ3n) is 3.33. The highest BCUT2D eigenvalue weighted by Crippen LogP contribution is 2.22. The van der Waals surface area contributed by atoms with Crippen molar-refractivity contribution in [1.29, 1.82) is 0 Å². The van der Waals surface area contributed by atoms with Crippen molar-refractivity contribution in [2.75, 3.05) is 26.2 Å². The largest absolute Gasteiger partial charge is 0.337 e. The van der Waals surface area contributed by atoms with Crippen molar-refractivity contribution >= 4 is 39.7 Å². The number of benzene rings is 1. The third-order valence-corrected chi connectivity index (χ3v) is 4.22. The molecule has 5 heteroatoms. The summed E-state index contributed by atoms with van der Waals surface area (Å²) in [6.07, 6.45) is 1.03. The molecule has 102 valence electrons. The van der Waals surface area contributed by atoms with E-state index in [1.165, 1.54) is 10.1 Å². The summed E-state index contributed by atoms with van der Waals surface area (Å²) in [5.41, 5.74) is 0.808. The maximum Gasteiger partial charge on any atom is 0.253 e. The second kappa shape index (κ2) is 6.37. The van der Waals surface area contributed by atoms with Gasteiger partial charge in [-0.25, -0.2) is 0 Å². The van der Waals surface area contributed by atoms with Gasteiger partial charge in [-0.3, -0.25) is 4.79 Å². The van der Waals surface area contributed by atoms with Gasteiger partial charge in [0.15, 0.2) is 0 Å². The molecule has 2 aromatic rings. The Morgan fingerprint density at radius 3 is 3.00 bits per heavy atom. The number of nitrogens with zero attached hydrogens (tertiary/aromatic N) is 1. The second-order valence-electron chi connectivity index (χ2n) is 4.57. The molecule has 1 aromatic heterocycles. The number of hydrogen-bond donors (Lipinski definition) is 1. The first-order valence-corrected chi connectivity index (χ1v) is 7.20. The normalized spacial score (nSPS) is 15.9. The van der Waals surface area contributed by atoms with Crippen LogP contribution in [0.15, 0.2) is 29.6 Å². The molecule has 3 rings (SSSR count). The summed E-state index contributed by atoms with van der Waals surface area (Å²) >= 11 is 1.71. The fourth-order valence-corrected chi connectivity index (χ4v) is 3.10. The summed E-state index contributed by atoms with van der Waals surface area (Å²) in [6, 6.07) is 8.07. The maximum absolute atomic E-state index is 12.4. The number of amides is 1. The minimum Gasteiger partial charge on any atom is -0.337 e. The average molecular weight is 297 g/mol. The lowest BCUT2D eigenvalue weighted by Gasteiger charge is -2.19. The van der Waals surface area contributed by atoms with Crippen molar-refractivity contribution in [1.82, 2.24) is 10.2 Å². The van der Waals surface area contributed by atoms with Gasteiger partial charge in [0.1, 0.15) is 0 Å². The van der Waals surface area contributed by atoms with Gasteiger partial charge in [-0.05, 0) is 48.0 Å². The van der Waals surface area contributed by atoms with Gasteiger partial charge < -0.3 is 10.2 Å². The first-order valence-electron chi connectivity index (χ1n) is 6.32. The predicted molar refractivity (Wildman–Crippen MR) is 82.5 cm³/mol. The maximum atomic E-state index is 12.4. The zero-order valence-electron chi connectivity index (χ0n) is 10.6. The van der Waals surface area contributed by atoms with Crippen molar-refractivity contribution in [3.05, 3.63) is 35.2 Å². The van der Waals surface area contributed by atoms with E-state index in [-0.39, 0.29) is 18.3 Å². The van der Waals surface area contributed by atoms with Crippen molar-refractivity contribution in [3.8, 4) is 0 Å². The lowest BCUT2D eigenvalue weighted by atomic mass is 10.1. The lowest BCUT2D eigenvalue weighted by Crippen LogP contribution is -2.34. The third kappa shape index (κ3) is 3.08. The first kappa shape index (κ1) is 14.3. The van der Waals surface area contributed by atoms with Crippen LogP contribution in [0, 0.1) is 0 Å². The quantitative estimate of drug-likeness (QED) is 0.877. The molecule has 0 radical (unpaired) electrons. The first-order chi connectivity index (χ1) is 8.84. The molecule has 3 nitrogen and oxygen atoms in total. The Balaban J connectivity index is 0.00000133. The second-order valence-corrected chi connectivity index (χ2v) is 5.52. The van der Waals surface area contributed by atoms with Crippen LogP contribution in [0.25, 0.3) is 10.1 Å². The highest BCUT2D eigenvalue weighted by molar-refractivity contribution is 7.17. The van der Waals surface area contributed by atoms with Gasteiger partial charge in [-0.1, -0.05) is 0 Å². The monoisotopic (exact) mass is 296 g/mol. The molecule has 1 fully saturated rings. The van der Waals surface area contributed by atoms with Gasteiger partial charge in [-0.2, -0.15) is 0 Å². The fraction of sp³-hybridized carbons (Fsp3) is 0.357. The number of carbonyl (C=O) groups excluding carboxylic acids is 1. The van der Waals surface area contributed by atoms with E-state index in [9.17, 15) is 4.79 Å². The molecule has 1 N–H and O–H groups in total. The van der Waals surface area contributed by atoms with Crippen molar-refractivity contribution < 1.29 is 4.79 Å². The number of carbonyl (C=O) groups is 1. The number of thiophene rings is 1. The average Bonchev–Trinajstić information content (AvgIpc) is 2.69. The van der Waals surface area contributed by atoms with Crippen LogP contribution in [0.3, 0.4) is 0 Å². The van der Waals surface area contributed by atoms with E-state index in [2.05, 4.69) is 16.8 Å². The van der Waals surface area contributed by atoms with E-state index < -0.39 is 0 Å². The molecular weight excluding hydrogens is 280 g/mol. The summed E-state index contributed by atoms with van der Waals surface area (Å²) in [5.74, 6) is 0.159. The van der Waals surface area contributed by atoms with Gasteiger partial charge in [0.25, 0.3) is 5.91 Å². The Bertz CT molecular complexity index is 561. The Hall–Kier alpha value is -1.10. The van der Waals surface area contributed by atoms with Crippen LogP contribution >= 0.6 is 23.7 Å². The summed E-state index contributed by atoms with van der Waals surface area (Å²) in [5, 5.41) is 6.55. The van der Waals surface area contributed by atoms with Gasteiger partial charge in [0.2, 0.25) is 0 Å². The summed E-state index contributed by atoms with van der Waals surface area (Å²) < 4.78 is 1.24. The minimum atomic E-state index is 0. The molecule has 1 amide bonds. The fourth-order valence-electron chi connectivity index (χ4n) is 2.33. The van der Waals surface area contributed by atoms with Crippen LogP contribution in [0.2, 0.25) is 0 Å². The molecule has 2 heterocycles. The van der Waals surface area contributed by atoms with Crippen LogP contribution in [-0.4, -0.2) is 37.0 Å². The topological polar surface area (TPSA) is 32.3 Å². The minimum absolute atomic E-state index is 0. The van der Waals surface area contributed by atoms with Gasteiger partial charge >= 0.3 is 0 Å². The van der Waals surface area contributed by atoms with Crippen LogP contribution in [-0.2, 0) is 0 Å².